The monoisotopic (exact) mass is 231 g/mol. The Labute approximate surface area is 103 Å². The lowest BCUT2D eigenvalue weighted by Crippen LogP contribution is -2.30. The van der Waals surface area contributed by atoms with Crippen molar-refractivity contribution in [1.82, 2.24) is 4.90 Å². The van der Waals surface area contributed by atoms with Crippen LogP contribution in [0.4, 0.5) is 0 Å². The smallest absolute Gasteiger partial charge is 0.0680 e. The number of nitrogens with zero attached hydrogens (tertiary/aromatic N) is 1. The molecule has 0 saturated carbocycles. The molecule has 2 atom stereocenters. The highest BCUT2D eigenvalue weighted by molar-refractivity contribution is 5.44. The van der Waals surface area contributed by atoms with Crippen LogP contribution in [0.25, 0.3) is 0 Å². The summed E-state index contributed by atoms with van der Waals surface area (Å²) in [5.74, 6) is 0.297. The average Bonchev–Trinajstić information content (AvgIpc) is 2.72. The number of hydrogen-bond acceptors (Lipinski definition) is 2. The molecule has 0 bridgehead atoms. The second-order valence-electron chi connectivity index (χ2n) is 5.43. The van der Waals surface area contributed by atoms with E-state index in [1.165, 1.54) is 24.1 Å². The van der Waals surface area contributed by atoms with Gasteiger partial charge in [-0.3, -0.25) is 4.90 Å². The summed E-state index contributed by atoms with van der Waals surface area (Å²) in [6.07, 6.45) is 9.57. The molecule has 0 aromatic carbocycles. The molecule has 2 aliphatic carbocycles. The van der Waals surface area contributed by atoms with Gasteiger partial charge in [0.15, 0.2) is 0 Å². The Morgan fingerprint density at radius 3 is 3.12 bits per heavy atom. The minimum atomic E-state index is -0.196. The molecule has 1 N–H and O–H groups in total. The van der Waals surface area contributed by atoms with Crippen molar-refractivity contribution in [2.75, 3.05) is 19.6 Å². The van der Waals surface area contributed by atoms with E-state index < -0.39 is 0 Å². The van der Waals surface area contributed by atoms with Gasteiger partial charge >= 0.3 is 0 Å². The van der Waals surface area contributed by atoms with Crippen LogP contribution >= 0.6 is 0 Å². The molecule has 0 unspecified atom stereocenters. The molecule has 0 saturated heterocycles. The third-order valence-electron chi connectivity index (χ3n) is 4.19. The fourth-order valence-corrected chi connectivity index (χ4v) is 3.44. The molecule has 2 nitrogen and oxygen atoms in total. The van der Waals surface area contributed by atoms with Gasteiger partial charge in [-0.25, -0.2) is 0 Å². The first-order valence-corrected chi connectivity index (χ1v) is 6.77. The van der Waals surface area contributed by atoms with Crippen molar-refractivity contribution >= 4 is 0 Å². The van der Waals surface area contributed by atoms with Crippen molar-refractivity contribution in [3.05, 3.63) is 34.9 Å². The summed E-state index contributed by atoms with van der Waals surface area (Å²) in [6, 6.07) is 0. The zero-order valence-electron chi connectivity index (χ0n) is 10.5. The first-order valence-electron chi connectivity index (χ1n) is 6.77. The summed E-state index contributed by atoms with van der Waals surface area (Å²) >= 11 is 0. The van der Waals surface area contributed by atoms with Gasteiger partial charge in [-0.2, -0.15) is 0 Å². The van der Waals surface area contributed by atoms with Crippen molar-refractivity contribution in [3.63, 3.8) is 0 Å². The summed E-state index contributed by atoms with van der Waals surface area (Å²) in [5.41, 5.74) is 4.44. The van der Waals surface area contributed by atoms with Gasteiger partial charge in [-0.1, -0.05) is 30.7 Å². The Kier molecular flexibility index (Phi) is 2.93. The largest absolute Gasteiger partial charge is 0.392 e. The zero-order chi connectivity index (χ0) is 11.8. The number of allylic oxidation sites excluding steroid dienone is 2. The molecule has 0 amide bonds. The van der Waals surface area contributed by atoms with Crippen LogP contribution in [0.15, 0.2) is 34.9 Å². The minimum Gasteiger partial charge on any atom is -0.392 e. The summed E-state index contributed by atoms with van der Waals surface area (Å²) in [6.45, 7) is 5.62. The topological polar surface area (TPSA) is 23.5 Å². The molecule has 1 aliphatic heterocycles. The number of aliphatic hydroxyl groups excluding tert-OH is 1. The Hall–Kier alpha value is -0.860. The van der Waals surface area contributed by atoms with Gasteiger partial charge in [-0.15, -0.1) is 0 Å². The van der Waals surface area contributed by atoms with Crippen LogP contribution in [-0.4, -0.2) is 35.7 Å². The first kappa shape index (κ1) is 11.2. The molecule has 2 heteroatoms. The molecule has 0 radical (unpaired) electrons. The quantitative estimate of drug-likeness (QED) is 0.737. The van der Waals surface area contributed by atoms with E-state index >= 15 is 0 Å². The maximum atomic E-state index is 10.2. The number of aliphatic hydroxyl groups is 1. The fourth-order valence-electron chi connectivity index (χ4n) is 3.44. The maximum absolute atomic E-state index is 10.2. The van der Waals surface area contributed by atoms with Gasteiger partial charge in [0.25, 0.3) is 0 Å². The summed E-state index contributed by atoms with van der Waals surface area (Å²) in [4.78, 5) is 2.52. The number of hydrogen-bond donors (Lipinski definition) is 1. The lowest BCUT2D eigenvalue weighted by Gasteiger charge is -2.31. The van der Waals surface area contributed by atoms with E-state index in [-0.39, 0.29) is 6.10 Å². The standard InChI is InChI=1S/C15H21NO/c1-2-8-16-9-12-7-6-11-4-3-5-14(17)15(11)13(12)10-16/h3-4,6,14-15,17H,2,5,7-10H2,1H3/t14-,15+/m0/s1. The highest BCUT2D eigenvalue weighted by Crippen LogP contribution is 2.40. The molecule has 17 heavy (non-hydrogen) atoms. The Morgan fingerprint density at radius 2 is 2.29 bits per heavy atom. The molecule has 0 aromatic heterocycles. The number of rotatable bonds is 2. The van der Waals surface area contributed by atoms with Crippen LogP contribution in [0.2, 0.25) is 0 Å². The lowest BCUT2D eigenvalue weighted by molar-refractivity contribution is 0.137. The fraction of sp³-hybridized carbons (Fsp3) is 0.600. The predicted molar refractivity (Wildman–Crippen MR) is 69.7 cm³/mol. The number of fused-ring (bicyclic) bond motifs is 2. The van der Waals surface area contributed by atoms with Gasteiger partial charge in [-0.05, 0) is 37.0 Å². The highest BCUT2D eigenvalue weighted by Gasteiger charge is 2.35. The van der Waals surface area contributed by atoms with Crippen molar-refractivity contribution in [2.24, 2.45) is 5.92 Å². The van der Waals surface area contributed by atoms with Crippen LogP contribution in [0.1, 0.15) is 26.2 Å². The van der Waals surface area contributed by atoms with Crippen LogP contribution < -0.4 is 0 Å². The third kappa shape index (κ3) is 1.90. The Bertz CT molecular complexity index is 405. The van der Waals surface area contributed by atoms with E-state index in [1.807, 2.05) is 0 Å². The summed E-state index contributed by atoms with van der Waals surface area (Å²) in [5, 5.41) is 10.2. The van der Waals surface area contributed by atoms with Gasteiger partial charge < -0.3 is 5.11 Å². The second-order valence-corrected chi connectivity index (χ2v) is 5.43. The molecule has 0 fully saturated rings. The van der Waals surface area contributed by atoms with Crippen LogP contribution in [0.5, 0.6) is 0 Å². The molecular weight excluding hydrogens is 210 g/mol. The van der Waals surface area contributed by atoms with Gasteiger partial charge in [0.1, 0.15) is 0 Å². The van der Waals surface area contributed by atoms with E-state index in [2.05, 4.69) is 30.1 Å². The Morgan fingerprint density at radius 1 is 1.41 bits per heavy atom. The SMILES string of the molecule is CCCN1CC2=C(C1)[C@H]1C(=CC2)C=CC[C@@H]1O. The molecule has 3 aliphatic rings. The highest BCUT2D eigenvalue weighted by atomic mass is 16.3. The molecular formula is C15H21NO. The first-order chi connectivity index (χ1) is 8.29. The van der Waals surface area contributed by atoms with Gasteiger partial charge in [0.2, 0.25) is 0 Å². The van der Waals surface area contributed by atoms with Crippen molar-refractivity contribution < 1.29 is 5.11 Å². The maximum Gasteiger partial charge on any atom is 0.0680 e. The van der Waals surface area contributed by atoms with Crippen molar-refractivity contribution in [2.45, 2.75) is 32.3 Å². The average molecular weight is 231 g/mol. The summed E-state index contributed by atoms with van der Waals surface area (Å²) < 4.78 is 0. The van der Waals surface area contributed by atoms with Gasteiger partial charge in [0.05, 0.1) is 6.10 Å². The van der Waals surface area contributed by atoms with Crippen LogP contribution in [-0.2, 0) is 0 Å². The van der Waals surface area contributed by atoms with Crippen molar-refractivity contribution in [3.8, 4) is 0 Å². The zero-order valence-corrected chi connectivity index (χ0v) is 10.5. The molecule has 92 valence electrons. The minimum absolute atomic E-state index is 0.196. The van der Waals surface area contributed by atoms with Crippen LogP contribution in [0, 0.1) is 5.92 Å². The predicted octanol–water partition coefficient (Wildman–Crippen LogP) is 2.28. The lowest BCUT2D eigenvalue weighted by atomic mass is 9.76. The van der Waals surface area contributed by atoms with E-state index in [1.54, 1.807) is 5.57 Å². The molecule has 0 aromatic rings. The normalized spacial score (nSPS) is 32.5. The Balaban J connectivity index is 1.83. The van der Waals surface area contributed by atoms with Crippen LogP contribution in [0.3, 0.4) is 0 Å². The van der Waals surface area contributed by atoms with E-state index in [0.29, 0.717) is 5.92 Å². The van der Waals surface area contributed by atoms with Gasteiger partial charge in [0, 0.05) is 19.0 Å². The molecule has 0 spiro atoms. The van der Waals surface area contributed by atoms with E-state index in [0.717, 1.165) is 25.9 Å². The van der Waals surface area contributed by atoms with Crippen molar-refractivity contribution in [1.29, 1.82) is 0 Å². The third-order valence-corrected chi connectivity index (χ3v) is 4.19. The summed E-state index contributed by atoms with van der Waals surface area (Å²) in [7, 11) is 0. The van der Waals surface area contributed by atoms with E-state index in [9.17, 15) is 5.11 Å². The molecule has 1 heterocycles. The molecule has 3 rings (SSSR count). The second kappa shape index (κ2) is 4.43. The van der Waals surface area contributed by atoms with E-state index in [4.69, 9.17) is 0 Å².